The van der Waals surface area contributed by atoms with Gasteiger partial charge in [-0.25, -0.2) is 4.98 Å². The van der Waals surface area contributed by atoms with Gasteiger partial charge in [0.05, 0.1) is 19.4 Å². The quantitative estimate of drug-likeness (QED) is 0.491. The number of hydrogen-bond acceptors (Lipinski definition) is 5. The first-order valence-corrected chi connectivity index (χ1v) is 10.7. The SMILES string of the molecule is CCCN(CCC)c1c(COC)c(C)nc2c(-c3ccc(OC)cc3C)c(C)nn12. The highest BCUT2D eigenvalue weighted by Crippen LogP contribution is 2.35. The van der Waals surface area contributed by atoms with Gasteiger partial charge >= 0.3 is 0 Å². The van der Waals surface area contributed by atoms with E-state index in [1.807, 2.05) is 10.6 Å². The van der Waals surface area contributed by atoms with Crippen LogP contribution in [0, 0.1) is 20.8 Å². The molecule has 2 aromatic heterocycles. The monoisotopic (exact) mass is 410 g/mol. The van der Waals surface area contributed by atoms with Crippen LogP contribution in [0.3, 0.4) is 0 Å². The fraction of sp³-hybridized carbons (Fsp3) is 0.500. The van der Waals surface area contributed by atoms with Crippen LogP contribution in [0.1, 0.15) is 49.2 Å². The first kappa shape index (κ1) is 22.1. The lowest BCUT2D eigenvalue weighted by Gasteiger charge is -2.27. The van der Waals surface area contributed by atoms with E-state index in [0.29, 0.717) is 6.61 Å². The summed E-state index contributed by atoms with van der Waals surface area (Å²) in [6, 6.07) is 6.17. The van der Waals surface area contributed by atoms with Crippen molar-refractivity contribution in [3.63, 3.8) is 0 Å². The van der Waals surface area contributed by atoms with Gasteiger partial charge in [-0.1, -0.05) is 19.9 Å². The molecule has 6 heteroatoms. The molecule has 162 valence electrons. The van der Waals surface area contributed by atoms with Gasteiger partial charge in [0.2, 0.25) is 0 Å². The highest BCUT2D eigenvalue weighted by molar-refractivity contribution is 5.83. The Balaban J connectivity index is 2.32. The van der Waals surface area contributed by atoms with Gasteiger partial charge in [0.15, 0.2) is 5.65 Å². The van der Waals surface area contributed by atoms with E-state index in [-0.39, 0.29) is 0 Å². The van der Waals surface area contributed by atoms with Crippen molar-refractivity contribution < 1.29 is 9.47 Å². The molecule has 0 spiro atoms. The third-order valence-corrected chi connectivity index (χ3v) is 5.50. The number of benzene rings is 1. The van der Waals surface area contributed by atoms with E-state index in [2.05, 4.69) is 51.7 Å². The number of anilines is 1. The van der Waals surface area contributed by atoms with Crippen LogP contribution in [-0.4, -0.2) is 41.9 Å². The van der Waals surface area contributed by atoms with Crippen LogP contribution in [0.4, 0.5) is 5.82 Å². The summed E-state index contributed by atoms with van der Waals surface area (Å²) in [6.07, 6.45) is 2.14. The summed E-state index contributed by atoms with van der Waals surface area (Å²) in [7, 11) is 3.43. The molecule has 0 amide bonds. The Morgan fingerprint density at radius 3 is 2.27 bits per heavy atom. The summed E-state index contributed by atoms with van der Waals surface area (Å²) < 4.78 is 13.0. The van der Waals surface area contributed by atoms with E-state index in [1.165, 1.54) is 0 Å². The number of aryl methyl sites for hydroxylation is 3. The second kappa shape index (κ2) is 9.47. The zero-order valence-electron chi connectivity index (χ0n) is 19.4. The molecule has 0 aliphatic carbocycles. The Morgan fingerprint density at radius 2 is 1.70 bits per heavy atom. The Labute approximate surface area is 179 Å². The third-order valence-electron chi connectivity index (χ3n) is 5.50. The van der Waals surface area contributed by atoms with Crippen LogP contribution in [0.2, 0.25) is 0 Å². The second-order valence-electron chi connectivity index (χ2n) is 7.80. The van der Waals surface area contributed by atoms with Gasteiger partial charge in [0.1, 0.15) is 11.6 Å². The maximum atomic E-state index is 5.55. The Hall–Kier alpha value is -2.60. The standard InChI is InChI=1S/C24H34N4O2/c1-8-12-27(13-9-2)24-21(15-29-6)17(4)25-23-22(18(5)26-28(23)24)20-11-10-19(30-7)14-16(20)3/h10-11,14H,8-9,12-13,15H2,1-7H3. The molecular formula is C24H34N4O2. The molecular weight excluding hydrogens is 376 g/mol. The van der Waals surface area contributed by atoms with Crippen LogP contribution >= 0.6 is 0 Å². The number of fused-ring (bicyclic) bond motifs is 1. The minimum absolute atomic E-state index is 0.518. The van der Waals surface area contributed by atoms with E-state index in [0.717, 1.165) is 76.8 Å². The van der Waals surface area contributed by atoms with Gasteiger partial charge in [-0.05, 0) is 56.9 Å². The average Bonchev–Trinajstić information content (AvgIpc) is 3.03. The lowest BCUT2D eigenvalue weighted by atomic mass is 10.0. The molecule has 0 saturated carbocycles. The van der Waals surface area contributed by atoms with Gasteiger partial charge in [-0.3, -0.25) is 0 Å². The molecule has 0 aliphatic rings. The van der Waals surface area contributed by atoms with E-state index in [4.69, 9.17) is 19.6 Å². The van der Waals surface area contributed by atoms with Crippen molar-refractivity contribution in [1.29, 1.82) is 0 Å². The number of hydrogen-bond donors (Lipinski definition) is 0. The van der Waals surface area contributed by atoms with Crippen molar-refractivity contribution in [2.45, 2.75) is 54.1 Å². The van der Waals surface area contributed by atoms with Crippen LogP contribution in [0.25, 0.3) is 16.8 Å². The summed E-state index contributed by atoms with van der Waals surface area (Å²) in [6.45, 7) is 13.1. The molecule has 3 aromatic rings. The number of methoxy groups -OCH3 is 2. The van der Waals surface area contributed by atoms with E-state index < -0.39 is 0 Å². The minimum atomic E-state index is 0.518. The molecule has 30 heavy (non-hydrogen) atoms. The summed E-state index contributed by atoms with van der Waals surface area (Å²) in [5, 5.41) is 4.97. The summed E-state index contributed by atoms with van der Waals surface area (Å²) in [5.41, 5.74) is 7.32. The molecule has 0 radical (unpaired) electrons. The van der Waals surface area contributed by atoms with Crippen LogP contribution in [-0.2, 0) is 11.3 Å². The zero-order valence-corrected chi connectivity index (χ0v) is 19.4. The molecule has 0 aliphatic heterocycles. The van der Waals surface area contributed by atoms with Crippen molar-refractivity contribution in [3.05, 3.63) is 40.7 Å². The van der Waals surface area contributed by atoms with Gasteiger partial charge in [-0.2, -0.15) is 9.61 Å². The Kier molecular flexibility index (Phi) is 6.98. The average molecular weight is 411 g/mol. The van der Waals surface area contributed by atoms with Gasteiger partial charge in [-0.15, -0.1) is 0 Å². The fourth-order valence-corrected chi connectivity index (χ4v) is 4.14. The topological polar surface area (TPSA) is 51.9 Å². The van der Waals surface area contributed by atoms with Crippen molar-refractivity contribution in [1.82, 2.24) is 14.6 Å². The predicted octanol–water partition coefficient (Wildman–Crippen LogP) is 5.10. The van der Waals surface area contributed by atoms with Crippen LogP contribution < -0.4 is 9.64 Å². The molecule has 0 bridgehead atoms. The van der Waals surface area contributed by atoms with Crippen molar-refractivity contribution >= 4 is 11.5 Å². The summed E-state index contributed by atoms with van der Waals surface area (Å²) >= 11 is 0. The molecule has 2 heterocycles. The molecule has 3 rings (SSSR count). The van der Waals surface area contributed by atoms with Crippen molar-refractivity contribution in [2.24, 2.45) is 0 Å². The van der Waals surface area contributed by atoms with E-state index >= 15 is 0 Å². The van der Waals surface area contributed by atoms with Crippen molar-refractivity contribution in [2.75, 3.05) is 32.2 Å². The van der Waals surface area contributed by atoms with Crippen LogP contribution in [0.5, 0.6) is 5.75 Å². The van der Waals surface area contributed by atoms with Gasteiger partial charge in [0.25, 0.3) is 0 Å². The normalized spacial score (nSPS) is 11.3. The lowest BCUT2D eigenvalue weighted by molar-refractivity contribution is 0.184. The number of aromatic nitrogens is 3. The molecule has 1 aromatic carbocycles. The zero-order chi connectivity index (χ0) is 21.8. The lowest BCUT2D eigenvalue weighted by Crippen LogP contribution is -2.29. The maximum absolute atomic E-state index is 5.55. The smallest absolute Gasteiger partial charge is 0.165 e. The molecule has 6 nitrogen and oxygen atoms in total. The highest BCUT2D eigenvalue weighted by Gasteiger charge is 2.23. The second-order valence-corrected chi connectivity index (χ2v) is 7.80. The van der Waals surface area contributed by atoms with Gasteiger partial charge < -0.3 is 14.4 Å². The van der Waals surface area contributed by atoms with E-state index in [9.17, 15) is 0 Å². The first-order chi connectivity index (χ1) is 14.5. The number of nitrogens with zero attached hydrogens (tertiary/aromatic N) is 4. The molecule has 0 N–H and O–H groups in total. The largest absolute Gasteiger partial charge is 0.497 e. The first-order valence-electron chi connectivity index (χ1n) is 10.7. The number of ether oxygens (including phenoxy) is 2. The highest BCUT2D eigenvalue weighted by atomic mass is 16.5. The predicted molar refractivity (Wildman–Crippen MR) is 123 cm³/mol. The maximum Gasteiger partial charge on any atom is 0.165 e. The minimum Gasteiger partial charge on any atom is -0.497 e. The van der Waals surface area contributed by atoms with Crippen LogP contribution in [0.15, 0.2) is 18.2 Å². The van der Waals surface area contributed by atoms with Crippen molar-refractivity contribution in [3.8, 4) is 16.9 Å². The van der Waals surface area contributed by atoms with E-state index in [1.54, 1.807) is 14.2 Å². The Morgan fingerprint density at radius 1 is 1.00 bits per heavy atom. The Bertz CT molecular complexity index is 1020. The molecule has 0 unspecified atom stereocenters. The molecule has 0 atom stereocenters. The summed E-state index contributed by atoms with van der Waals surface area (Å²) in [4.78, 5) is 7.42. The summed E-state index contributed by atoms with van der Waals surface area (Å²) in [5.74, 6) is 1.96. The molecule has 0 saturated heterocycles. The number of rotatable bonds is 9. The molecule has 0 fully saturated rings. The third kappa shape index (κ3) is 4.01. The fourth-order valence-electron chi connectivity index (χ4n) is 4.14. The van der Waals surface area contributed by atoms with Gasteiger partial charge in [0, 0.05) is 37.0 Å².